The SMILES string of the molecule is C/C(CO)=C(\C)Cc1ccc(F)cc1. The lowest BCUT2D eigenvalue weighted by Gasteiger charge is -2.05. The van der Waals surface area contributed by atoms with E-state index in [2.05, 4.69) is 0 Å². The van der Waals surface area contributed by atoms with Gasteiger partial charge in [0.15, 0.2) is 0 Å². The molecule has 0 bridgehead atoms. The normalized spacial score (nSPS) is 12.6. The third-order valence-corrected chi connectivity index (χ3v) is 2.35. The fourth-order valence-corrected chi connectivity index (χ4v) is 1.19. The average Bonchev–Trinajstić information content (AvgIpc) is 2.20. The molecule has 0 radical (unpaired) electrons. The molecule has 0 unspecified atom stereocenters. The highest BCUT2D eigenvalue weighted by atomic mass is 19.1. The summed E-state index contributed by atoms with van der Waals surface area (Å²) in [5.74, 6) is -0.214. The molecule has 0 heterocycles. The third-order valence-electron chi connectivity index (χ3n) is 2.35. The molecule has 1 aromatic carbocycles. The average molecular weight is 194 g/mol. The van der Waals surface area contributed by atoms with Crippen LogP contribution in [0.1, 0.15) is 19.4 Å². The summed E-state index contributed by atoms with van der Waals surface area (Å²) in [6.07, 6.45) is 0.771. The van der Waals surface area contributed by atoms with Crippen LogP contribution in [-0.2, 0) is 6.42 Å². The van der Waals surface area contributed by atoms with E-state index in [0.717, 1.165) is 23.1 Å². The second-order valence-electron chi connectivity index (χ2n) is 3.52. The van der Waals surface area contributed by atoms with Crippen LogP contribution in [0.3, 0.4) is 0 Å². The van der Waals surface area contributed by atoms with E-state index in [-0.39, 0.29) is 12.4 Å². The third kappa shape index (κ3) is 2.96. The Kier molecular flexibility index (Phi) is 3.84. The molecule has 0 aliphatic carbocycles. The lowest BCUT2D eigenvalue weighted by molar-refractivity contribution is 0.330. The van der Waals surface area contributed by atoms with Gasteiger partial charge in [-0.15, -0.1) is 0 Å². The second kappa shape index (κ2) is 4.91. The quantitative estimate of drug-likeness (QED) is 0.733. The van der Waals surface area contributed by atoms with Gasteiger partial charge in [-0.1, -0.05) is 17.7 Å². The van der Waals surface area contributed by atoms with Crippen molar-refractivity contribution in [2.75, 3.05) is 6.61 Å². The summed E-state index contributed by atoms with van der Waals surface area (Å²) in [5, 5.41) is 8.91. The molecule has 0 saturated heterocycles. The minimum atomic E-state index is -0.214. The van der Waals surface area contributed by atoms with Crippen LogP contribution in [-0.4, -0.2) is 11.7 Å². The van der Waals surface area contributed by atoms with Gasteiger partial charge in [0.2, 0.25) is 0 Å². The molecule has 14 heavy (non-hydrogen) atoms. The first-order chi connectivity index (χ1) is 6.63. The Bertz CT molecular complexity index is 325. The van der Waals surface area contributed by atoms with Gasteiger partial charge in [-0.2, -0.15) is 0 Å². The molecule has 0 amide bonds. The molecule has 1 aromatic rings. The number of hydrogen-bond donors (Lipinski definition) is 1. The number of halogens is 1. The van der Waals surface area contributed by atoms with Crippen LogP contribution < -0.4 is 0 Å². The highest BCUT2D eigenvalue weighted by Gasteiger charge is 1.98. The van der Waals surface area contributed by atoms with E-state index < -0.39 is 0 Å². The molecule has 1 nitrogen and oxygen atoms in total. The number of rotatable bonds is 3. The molecule has 0 aromatic heterocycles. The van der Waals surface area contributed by atoms with Crippen LogP contribution in [0.4, 0.5) is 4.39 Å². The first kappa shape index (κ1) is 10.9. The first-order valence-corrected chi connectivity index (χ1v) is 4.64. The van der Waals surface area contributed by atoms with Crippen LogP contribution in [0.2, 0.25) is 0 Å². The van der Waals surface area contributed by atoms with Crippen molar-refractivity contribution in [3.05, 3.63) is 46.8 Å². The van der Waals surface area contributed by atoms with Crippen LogP contribution >= 0.6 is 0 Å². The van der Waals surface area contributed by atoms with Crippen molar-refractivity contribution in [1.29, 1.82) is 0 Å². The van der Waals surface area contributed by atoms with Crippen LogP contribution in [0.25, 0.3) is 0 Å². The summed E-state index contributed by atoms with van der Waals surface area (Å²) in [6.45, 7) is 3.97. The highest BCUT2D eigenvalue weighted by molar-refractivity contribution is 5.24. The zero-order chi connectivity index (χ0) is 10.6. The predicted octanol–water partition coefficient (Wildman–Crippen LogP) is 2.70. The van der Waals surface area contributed by atoms with Crippen molar-refractivity contribution in [2.24, 2.45) is 0 Å². The summed E-state index contributed by atoms with van der Waals surface area (Å²) < 4.78 is 12.6. The van der Waals surface area contributed by atoms with Gasteiger partial charge in [-0.25, -0.2) is 4.39 Å². The van der Waals surface area contributed by atoms with Crippen molar-refractivity contribution in [3.63, 3.8) is 0 Å². The second-order valence-corrected chi connectivity index (χ2v) is 3.52. The van der Waals surface area contributed by atoms with Crippen molar-refractivity contribution >= 4 is 0 Å². The van der Waals surface area contributed by atoms with Gasteiger partial charge in [0.05, 0.1) is 6.61 Å². The summed E-state index contributed by atoms with van der Waals surface area (Å²) >= 11 is 0. The molecule has 0 atom stereocenters. The zero-order valence-electron chi connectivity index (χ0n) is 8.55. The molecule has 0 spiro atoms. The van der Waals surface area contributed by atoms with Gasteiger partial charge in [0.25, 0.3) is 0 Å². The molecule has 2 heteroatoms. The maximum absolute atomic E-state index is 12.6. The Morgan fingerprint density at radius 2 is 1.71 bits per heavy atom. The molecule has 76 valence electrons. The van der Waals surface area contributed by atoms with Gasteiger partial charge < -0.3 is 5.11 Å². The van der Waals surface area contributed by atoms with Crippen LogP contribution in [0, 0.1) is 5.82 Å². The van der Waals surface area contributed by atoms with Crippen molar-refractivity contribution in [1.82, 2.24) is 0 Å². The molecular formula is C12H15FO. The molecule has 1 rings (SSSR count). The van der Waals surface area contributed by atoms with E-state index in [1.165, 1.54) is 12.1 Å². The predicted molar refractivity (Wildman–Crippen MR) is 55.6 cm³/mol. The number of benzene rings is 1. The van der Waals surface area contributed by atoms with E-state index in [0.29, 0.717) is 0 Å². The first-order valence-electron chi connectivity index (χ1n) is 4.64. The standard InChI is InChI=1S/C12H15FO/c1-9(10(2)8-14)7-11-3-5-12(13)6-4-11/h3-6,14H,7-8H2,1-2H3/b10-9-. The minimum absolute atomic E-state index is 0.0903. The molecule has 0 aliphatic heterocycles. The lowest BCUT2D eigenvalue weighted by Crippen LogP contribution is -1.94. The molecule has 0 saturated carbocycles. The van der Waals surface area contributed by atoms with Gasteiger partial charge in [0, 0.05) is 0 Å². The Morgan fingerprint density at radius 1 is 1.14 bits per heavy atom. The largest absolute Gasteiger partial charge is 0.392 e. The molecule has 1 N–H and O–H groups in total. The fraction of sp³-hybridized carbons (Fsp3) is 0.333. The van der Waals surface area contributed by atoms with Crippen molar-refractivity contribution < 1.29 is 9.50 Å². The maximum Gasteiger partial charge on any atom is 0.123 e. The summed E-state index contributed by atoms with van der Waals surface area (Å²) in [6, 6.07) is 6.45. The van der Waals surface area contributed by atoms with E-state index in [1.54, 1.807) is 12.1 Å². The topological polar surface area (TPSA) is 20.2 Å². The molecule has 0 fully saturated rings. The Morgan fingerprint density at radius 3 is 2.21 bits per heavy atom. The fourth-order valence-electron chi connectivity index (χ4n) is 1.19. The van der Waals surface area contributed by atoms with Gasteiger partial charge >= 0.3 is 0 Å². The smallest absolute Gasteiger partial charge is 0.123 e. The van der Waals surface area contributed by atoms with E-state index in [9.17, 15) is 4.39 Å². The number of aliphatic hydroxyl groups excluding tert-OH is 1. The van der Waals surface area contributed by atoms with E-state index in [4.69, 9.17) is 5.11 Å². The molecular weight excluding hydrogens is 179 g/mol. The van der Waals surface area contributed by atoms with E-state index in [1.807, 2.05) is 13.8 Å². The zero-order valence-corrected chi connectivity index (χ0v) is 8.55. The number of aliphatic hydroxyl groups is 1. The van der Waals surface area contributed by atoms with Crippen molar-refractivity contribution in [3.8, 4) is 0 Å². The minimum Gasteiger partial charge on any atom is -0.392 e. The van der Waals surface area contributed by atoms with Gasteiger partial charge in [-0.05, 0) is 43.5 Å². The van der Waals surface area contributed by atoms with Crippen LogP contribution in [0.15, 0.2) is 35.4 Å². The Balaban J connectivity index is 2.74. The lowest BCUT2D eigenvalue weighted by atomic mass is 10.0. The van der Waals surface area contributed by atoms with Crippen LogP contribution in [0.5, 0.6) is 0 Å². The van der Waals surface area contributed by atoms with Gasteiger partial charge in [-0.3, -0.25) is 0 Å². The Labute approximate surface area is 83.9 Å². The highest BCUT2D eigenvalue weighted by Crippen LogP contribution is 2.11. The molecule has 0 aliphatic rings. The van der Waals surface area contributed by atoms with Crippen molar-refractivity contribution in [2.45, 2.75) is 20.3 Å². The summed E-state index contributed by atoms with van der Waals surface area (Å²) in [5.41, 5.74) is 3.19. The number of hydrogen-bond acceptors (Lipinski definition) is 1. The maximum atomic E-state index is 12.6. The van der Waals surface area contributed by atoms with Gasteiger partial charge in [0.1, 0.15) is 5.82 Å². The monoisotopic (exact) mass is 194 g/mol. The van der Waals surface area contributed by atoms with E-state index >= 15 is 0 Å². The summed E-state index contributed by atoms with van der Waals surface area (Å²) in [4.78, 5) is 0. The Hall–Kier alpha value is -1.15. The summed E-state index contributed by atoms with van der Waals surface area (Å²) in [7, 11) is 0. The number of allylic oxidation sites excluding steroid dienone is 1.